The predicted molar refractivity (Wildman–Crippen MR) is 240 cm³/mol. The van der Waals surface area contributed by atoms with Crippen molar-refractivity contribution in [3.63, 3.8) is 0 Å². The molecule has 0 unspecified atom stereocenters. The number of likely N-dealkylation sites (N-methyl/N-ethyl adjacent to an activating group) is 2. The Balaban J connectivity index is 1.47. The highest BCUT2D eigenvalue weighted by Gasteiger charge is 2.53. The molecule has 3 aliphatic rings. The van der Waals surface area contributed by atoms with Gasteiger partial charge in [-0.25, -0.2) is 4.68 Å². The van der Waals surface area contributed by atoms with E-state index in [4.69, 9.17) is 28.4 Å². The van der Waals surface area contributed by atoms with Gasteiger partial charge in [0.15, 0.2) is 12.6 Å². The van der Waals surface area contributed by atoms with Gasteiger partial charge in [-0.3, -0.25) is 9.78 Å². The third kappa shape index (κ3) is 12.7. The molecule has 18 nitrogen and oxygen atoms in total. The molecule has 2 aromatic rings. The van der Waals surface area contributed by atoms with Crippen LogP contribution in [0.5, 0.6) is 0 Å². The standard InChI is InChI=1S/C47H80N6O12/c1-14-36-47(10,59)40(55)31(6)52(12)24-27(2)21-45(8,58)42(29(4)39(30(5)43(57)63-36)64-37-22-46(9,60-13)41(56)32(7)62-37)65-44-38(54)35(20-28(3)61-44)51(11)19-17-34-26-53(50-49-34)25-33-16-15-18-48-23-33/h15-16,18,23,26-32,35-42,44,54-56,58-59H,14,17,19-22,24-25H2,1-13H3/t27-,28-,29+,30-,31-,32+,35+,36-,37+,38-,39+,40-,41+,42-,44+,45-,46-,47-/m1/s1. The lowest BCUT2D eigenvalue weighted by Gasteiger charge is -2.49. The average molecular weight is 921 g/mol. The lowest BCUT2D eigenvalue weighted by molar-refractivity contribution is -0.318. The number of esters is 1. The predicted octanol–water partition coefficient (Wildman–Crippen LogP) is 2.55. The summed E-state index contributed by atoms with van der Waals surface area (Å²) in [5, 5.41) is 68.1. The molecule has 0 aromatic carbocycles. The number of nitrogens with zero attached hydrogens (tertiary/aromatic N) is 6. The zero-order chi connectivity index (χ0) is 48.2. The van der Waals surface area contributed by atoms with Crippen LogP contribution in [0.1, 0.15) is 106 Å². The van der Waals surface area contributed by atoms with E-state index in [0.29, 0.717) is 32.5 Å². The van der Waals surface area contributed by atoms with Crippen molar-refractivity contribution in [1.29, 1.82) is 0 Å². The van der Waals surface area contributed by atoms with Gasteiger partial charge >= 0.3 is 5.97 Å². The van der Waals surface area contributed by atoms with Crippen LogP contribution in [0.15, 0.2) is 30.7 Å². The van der Waals surface area contributed by atoms with Gasteiger partial charge in [-0.1, -0.05) is 32.1 Å². The number of carbonyl (C=O) groups excluding carboxylic acids is 1. The minimum absolute atomic E-state index is 0.110. The maximum atomic E-state index is 14.4. The fraction of sp³-hybridized carbons (Fsp3) is 0.830. The van der Waals surface area contributed by atoms with Crippen molar-refractivity contribution < 1.29 is 58.7 Å². The third-order valence-electron chi connectivity index (χ3n) is 14.5. The Bertz CT molecular complexity index is 1790. The van der Waals surface area contributed by atoms with Gasteiger partial charge in [-0.05, 0) is 99.4 Å². The SMILES string of the molecule is CC[C@H]1OC(=O)[C@H](C)[C@@H](O[C@H]2C[C@@](C)(OC)[C@@H](O)[C@H](C)O2)[C@H](C)[C@@H](O[C@@H]2O[C@H](C)C[C@H](N(C)CCc3cn(Cc4cccnc4)nn3)[C@H]2O)[C@](C)(O)C[C@@H](C)CN(C)[C@H](C)[C@@H](O)[C@]1(C)O. The van der Waals surface area contributed by atoms with Gasteiger partial charge in [0.05, 0.1) is 53.8 Å². The second kappa shape index (κ2) is 22.1. The Morgan fingerprint density at radius 1 is 1.00 bits per heavy atom. The molecular formula is C47H80N6O12. The summed E-state index contributed by atoms with van der Waals surface area (Å²) in [4.78, 5) is 22.6. The zero-order valence-electron chi connectivity index (χ0n) is 41.0. The van der Waals surface area contributed by atoms with Crippen molar-refractivity contribution in [3.05, 3.63) is 42.0 Å². The van der Waals surface area contributed by atoms with Gasteiger partial charge in [-0.15, -0.1) is 5.10 Å². The summed E-state index contributed by atoms with van der Waals surface area (Å²) >= 11 is 0. The van der Waals surface area contributed by atoms with Gasteiger partial charge in [0.25, 0.3) is 0 Å². The first kappa shape index (κ1) is 53.2. The van der Waals surface area contributed by atoms with Crippen molar-refractivity contribution in [2.45, 2.75) is 198 Å². The quantitative estimate of drug-likeness (QED) is 0.193. The normalized spacial score (nSPS) is 42.0. The molecule has 5 heterocycles. The third-order valence-corrected chi connectivity index (χ3v) is 14.5. The minimum Gasteiger partial charge on any atom is -0.459 e. The highest BCUT2D eigenvalue weighted by molar-refractivity contribution is 5.73. The van der Waals surface area contributed by atoms with E-state index in [-0.39, 0.29) is 31.3 Å². The molecule has 18 heteroatoms. The number of aliphatic hydroxyl groups is 5. The van der Waals surface area contributed by atoms with Crippen molar-refractivity contribution in [2.75, 3.05) is 34.3 Å². The van der Waals surface area contributed by atoms with Gasteiger partial charge in [0, 0.05) is 69.6 Å². The minimum atomic E-state index is -1.83. The summed E-state index contributed by atoms with van der Waals surface area (Å²) in [6.07, 6.45) is -2.86. The average Bonchev–Trinajstić information content (AvgIpc) is 3.71. The lowest BCUT2D eigenvalue weighted by atomic mass is 9.77. The highest BCUT2D eigenvalue weighted by Crippen LogP contribution is 2.40. The Morgan fingerprint density at radius 2 is 1.71 bits per heavy atom. The molecule has 65 heavy (non-hydrogen) atoms. The van der Waals surface area contributed by atoms with Gasteiger partial charge in [0.2, 0.25) is 0 Å². The molecule has 0 bridgehead atoms. The van der Waals surface area contributed by atoms with Crippen LogP contribution in [-0.2, 0) is 46.2 Å². The van der Waals surface area contributed by atoms with Gasteiger partial charge in [-0.2, -0.15) is 0 Å². The second-order valence-corrected chi connectivity index (χ2v) is 20.2. The van der Waals surface area contributed by atoms with E-state index >= 15 is 0 Å². The Kier molecular flexibility index (Phi) is 18.1. The van der Waals surface area contributed by atoms with Crippen LogP contribution in [-0.4, -0.2) is 186 Å². The number of hydrogen-bond donors (Lipinski definition) is 5. The first-order valence-electron chi connectivity index (χ1n) is 23.5. The van der Waals surface area contributed by atoms with Crippen molar-refractivity contribution in [3.8, 4) is 0 Å². The fourth-order valence-corrected chi connectivity index (χ4v) is 10.3. The van der Waals surface area contributed by atoms with Crippen LogP contribution in [0.25, 0.3) is 0 Å². The van der Waals surface area contributed by atoms with E-state index < -0.39 is 102 Å². The number of rotatable bonds is 12. The molecule has 370 valence electrons. The number of carbonyl (C=O) groups is 1. The number of aliphatic hydroxyl groups excluding tert-OH is 3. The molecule has 0 spiro atoms. The molecule has 5 rings (SSSR count). The Labute approximate surface area is 385 Å². The zero-order valence-corrected chi connectivity index (χ0v) is 41.0. The monoisotopic (exact) mass is 921 g/mol. The van der Waals surface area contributed by atoms with E-state index in [9.17, 15) is 30.3 Å². The lowest BCUT2D eigenvalue weighted by Crippen LogP contribution is -2.61. The number of ether oxygens (including phenoxy) is 6. The molecule has 3 saturated heterocycles. The maximum Gasteiger partial charge on any atom is 0.311 e. The summed E-state index contributed by atoms with van der Waals surface area (Å²) in [6.45, 7) is 19.1. The summed E-state index contributed by atoms with van der Waals surface area (Å²) in [7, 11) is 5.29. The van der Waals surface area contributed by atoms with Gasteiger partial charge < -0.3 is 63.8 Å². The maximum absolute atomic E-state index is 14.4. The summed E-state index contributed by atoms with van der Waals surface area (Å²) < 4.78 is 40.0. The molecule has 3 fully saturated rings. The number of methoxy groups -OCH3 is 1. The van der Waals surface area contributed by atoms with E-state index in [0.717, 1.165) is 11.3 Å². The summed E-state index contributed by atoms with van der Waals surface area (Å²) in [6, 6.07) is 2.90. The summed E-state index contributed by atoms with van der Waals surface area (Å²) in [5.74, 6) is -2.74. The molecule has 3 aliphatic heterocycles. The largest absolute Gasteiger partial charge is 0.459 e. The van der Waals surface area contributed by atoms with Crippen LogP contribution in [0, 0.1) is 17.8 Å². The van der Waals surface area contributed by atoms with Crippen molar-refractivity contribution >= 4 is 5.97 Å². The highest BCUT2D eigenvalue weighted by atomic mass is 16.7. The van der Waals surface area contributed by atoms with Crippen LogP contribution >= 0.6 is 0 Å². The number of cyclic esters (lactones) is 1. The van der Waals surface area contributed by atoms with Crippen LogP contribution < -0.4 is 0 Å². The Morgan fingerprint density at radius 3 is 2.35 bits per heavy atom. The van der Waals surface area contributed by atoms with Gasteiger partial charge in [0.1, 0.15) is 30.0 Å². The smallest absolute Gasteiger partial charge is 0.311 e. The van der Waals surface area contributed by atoms with E-state index in [2.05, 4.69) is 20.2 Å². The molecule has 0 amide bonds. The molecular weight excluding hydrogens is 841 g/mol. The van der Waals surface area contributed by atoms with E-state index in [1.807, 2.05) is 58.1 Å². The molecule has 18 atom stereocenters. The van der Waals surface area contributed by atoms with E-state index in [1.54, 1.807) is 58.6 Å². The van der Waals surface area contributed by atoms with Crippen LogP contribution in [0.4, 0.5) is 0 Å². The molecule has 2 aromatic heterocycles. The van der Waals surface area contributed by atoms with Crippen LogP contribution in [0.3, 0.4) is 0 Å². The second-order valence-electron chi connectivity index (χ2n) is 20.2. The number of hydrogen-bond acceptors (Lipinski definition) is 17. The van der Waals surface area contributed by atoms with E-state index in [1.165, 1.54) is 14.0 Å². The topological polar surface area (TPSA) is 224 Å². The Hall–Kier alpha value is -2.72. The fourth-order valence-electron chi connectivity index (χ4n) is 10.3. The van der Waals surface area contributed by atoms with Crippen molar-refractivity contribution in [1.82, 2.24) is 29.8 Å². The first-order chi connectivity index (χ1) is 30.4. The first-order valence-corrected chi connectivity index (χ1v) is 23.5. The molecule has 5 N–H and O–H groups in total. The molecule has 0 saturated carbocycles. The summed E-state index contributed by atoms with van der Waals surface area (Å²) in [5.41, 5.74) is -2.68. The molecule has 0 radical (unpaired) electrons. The number of aromatic nitrogens is 4. The number of pyridine rings is 1. The van der Waals surface area contributed by atoms with Crippen molar-refractivity contribution in [2.24, 2.45) is 17.8 Å². The van der Waals surface area contributed by atoms with Crippen LogP contribution in [0.2, 0.25) is 0 Å². The molecule has 0 aliphatic carbocycles.